The Kier molecular flexibility index (Phi) is 3.00. The monoisotopic (exact) mass is 243 g/mol. The van der Waals surface area contributed by atoms with Gasteiger partial charge in [-0.3, -0.25) is 0 Å². The van der Waals surface area contributed by atoms with Gasteiger partial charge in [-0.15, -0.1) is 0 Å². The Bertz CT molecular complexity index is 489. The van der Waals surface area contributed by atoms with E-state index in [4.69, 9.17) is 5.73 Å². The van der Waals surface area contributed by atoms with E-state index in [1.54, 1.807) is 11.3 Å². The van der Waals surface area contributed by atoms with Crippen LogP contribution in [0.1, 0.15) is 29.0 Å². The van der Waals surface area contributed by atoms with Crippen molar-refractivity contribution in [1.29, 1.82) is 0 Å². The summed E-state index contributed by atoms with van der Waals surface area (Å²) < 4.78 is 0. The summed E-state index contributed by atoms with van der Waals surface area (Å²) in [6.07, 6.45) is 3.35. The quantitative estimate of drug-likeness (QED) is 0.875. The largest absolute Gasteiger partial charge is 0.327 e. The molecule has 0 amide bonds. The van der Waals surface area contributed by atoms with Crippen molar-refractivity contribution >= 4 is 11.3 Å². The summed E-state index contributed by atoms with van der Waals surface area (Å²) in [7, 11) is 0. The molecule has 1 aromatic heterocycles. The van der Waals surface area contributed by atoms with Crippen molar-refractivity contribution in [2.75, 3.05) is 0 Å². The smallest absolute Gasteiger partial charge is 0.00855 e. The lowest BCUT2D eigenvalue weighted by atomic mass is 9.74. The fraction of sp³-hybridized carbons (Fsp3) is 0.333. The Morgan fingerprint density at radius 1 is 1.29 bits per heavy atom. The van der Waals surface area contributed by atoms with Gasteiger partial charge in [-0.05, 0) is 58.7 Å². The molecule has 3 rings (SSSR count). The molecular formula is C15H17NS. The first kappa shape index (κ1) is 11.0. The number of rotatable bonds is 4. The second-order valence-electron chi connectivity index (χ2n) is 4.93. The lowest BCUT2D eigenvalue weighted by Crippen LogP contribution is -2.29. The van der Waals surface area contributed by atoms with Crippen molar-refractivity contribution in [3.63, 3.8) is 0 Å². The van der Waals surface area contributed by atoms with Crippen molar-refractivity contribution in [3.8, 4) is 0 Å². The van der Waals surface area contributed by atoms with E-state index in [-0.39, 0.29) is 0 Å². The molecule has 0 bridgehead atoms. The van der Waals surface area contributed by atoms with Gasteiger partial charge in [0.1, 0.15) is 0 Å². The van der Waals surface area contributed by atoms with Crippen LogP contribution in [0, 0.1) is 0 Å². The minimum Gasteiger partial charge on any atom is -0.327 e. The predicted molar refractivity (Wildman–Crippen MR) is 73.5 cm³/mol. The molecule has 0 fully saturated rings. The highest BCUT2D eigenvalue weighted by molar-refractivity contribution is 7.07. The predicted octanol–water partition coefficient (Wildman–Crippen LogP) is 3.35. The van der Waals surface area contributed by atoms with E-state index in [0.717, 1.165) is 12.8 Å². The molecule has 0 saturated heterocycles. The third kappa shape index (κ3) is 2.28. The number of thiophene rings is 1. The van der Waals surface area contributed by atoms with E-state index < -0.39 is 0 Å². The Hall–Kier alpha value is -1.12. The van der Waals surface area contributed by atoms with E-state index in [1.807, 2.05) is 0 Å². The van der Waals surface area contributed by atoms with Gasteiger partial charge in [0.2, 0.25) is 0 Å². The van der Waals surface area contributed by atoms with E-state index in [2.05, 4.69) is 41.1 Å². The highest BCUT2D eigenvalue weighted by atomic mass is 32.1. The first-order chi connectivity index (χ1) is 8.33. The summed E-state index contributed by atoms with van der Waals surface area (Å²) in [4.78, 5) is 0. The van der Waals surface area contributed by atoms with Crippen LogP contribution in [0.15, 0.2) is 41.1 Å². The normalized spacial score (nSPS) is 19.5. The van der Waals surface area contributed by atoms with Gasteiger partial charge in [0.15, 0.2) is 0 Å². The summed E-state index contributed by atoms with van der Waals surface area (Å²) in [6, 6.07) is 11.2. The van der Waals surface area contributed by atoms with Gasteiger partial charge in [-0.25, -0.2) is 0 Å². The van der Waals surface area contributed by atoms with Crippen LogP contribution in [-0.2, 0) is 12.8 Å². The average Bonchev–Trinajstić information content (AvgIpc) is 2.79. The molecule has 2 N–H and O–H groups in total. The topological polar surface area (TPSA) is 26.0 Å². The van der Waals surface area contributed by atoms with Crippen LogP contribution < -0.4 is 5.73 Å². The second-order valence-corrected chi connectivity index (χ2v) is 5.71. The molecule has 1 aliphatic rings. The average molecular weight is 243 g/mol. The summed E-state index contributed by atoms with van der Waals surface area (Å²) in [5.74, 6) is 0.694. The van der Waals surface area contributed by atoms with Gasteiger partial charge < -0.3 is 5.73 Å². The molecule has 2 heteroatoms. The molecule has 2 aromatic rings. The number of hydrogen-bond acceptors (Lipinski definition) is 2. The molecule has 1 nitrogen and oxygen atoms in total. The van der Waals surface area contributed by atoms with E-state index in [0.29, 0.717) is 12.0 Å². The number of benzene rings is 1. The van der Waals surface area contributed by atoms with Crippen LogP contribution in [0.2, 0.25) is 0 Å². The van der Waals surface area contributed by atoms with Crippen molar-refractivity contribution in [1.82, 2.24) is 0 Å². The number of nitrogens with two attached hydrogens (primary N) is 1. The van der Waals surface area contributed by atoms with Crippen LogP contribution in [0.3, 0.4) is 0 Å². The Balaban J connectivity index is 1.59. The maximum Gasteiger partial charge on any atom is 0.00855 e. The molecule has 0 radical (unpaired) electrons. The van der Waals surface area contributed by atoms with E-state index >= 15 is 0 Å². The Labute approximate surface area is 106 Å². The molecule has 2 unspecified atom stereocenters. The zero-order valence-corrected chi connectivity index (χ0v) is 10.6. The third-order valence-corrected chi connectivity index (χ3v) is 4.36. The molecular weight excluding hydrogens is 226 g/mol. The summed E-state index contributed by atoms with van der Waals surface area (Å²) in [5.41, 5.74) is 10.7. The highest BCUT2D eigenvalue weighted by Crippen LogP contribution is 2.37. The van der Waals surface area contributed by atoms with Crippen molar-refractivity contribution < 1.29 is 0 Å². The molecule has 0 saturated carbocycles. The molecule has 0 spiro atoms. The molecule has 2 atom stereocenters. The maximum atomic E-state index is 6.24. The van der Waals surface area contributed by atoms with Crippen LogP contribution in [-0.4, -0.2) is 6.04 Å². The van der Waals surface area contributed by atoms with Crippen LogP contribution in [0.25, 0.3) is 0 Å². The summed E-state index contributed by atoms with van der Waals surface area (Å²) >= 11 is 1.75. The van der Waals surface area contributed by atoms with Crippen LogP contribution in [0.4, 0.5) is 0 Å². The SMILES string of the molecule is NC(Cc1ccsc1)CC1Cc2ccccc21. The van der Waals surface area contributed by atoms with Gasteiger partial charge in [-0.2, -0.15) is 11.3 Å². The maximum absolute atomic E-state index is 6.24. The Morgan fingerprint density at radius 3 is 2.94 bits per heavy atom. The first-order valence-electron chi connectivity index (χ1n) is 6.17. The number of hydrogen-bond donors (Lipinski definition) is 1. The van der Waals surface area contributed by atoms with E-state index in [1.165, 1.54) is 23.1 Å². The molecule has 88 valence electrons. The van der Waals surface area contributed by atoms with Crippen molar-refractivity contribution in [2.24, 2.45) is 5.73 Å². The minimum atomic E-state index is 0.294. The van der Waals surface area contributed by atoms with Gasteiger partial charge in [-0.1, -0.05) is 24.3 Å². The van der Waals surface area contributed by atoms with E-state index in [9.17, 15) is 0 Å². The molecule has 1 heterocycles. The fourth-order valence-electron chi connectivity index (χ4n) is 2.73. The zero-order valence-electron chi connectivity index (χ0n) is 9.80. The van der Waals surface area contributed by atoms with Crippen molar-refractivity contribution in [2.45, 2.75) is 31.2 Å². The highest BCUT2D eigenvalue weighted by Gasteiger charge is 2.26. The number of fused-ring (bicyclic) bond motifs is 1. The molecule has 1 aliphatic carbocycles. The van der Waals surface area contributed by atoms with Gasteiger partial charge >= 0.3 is 0 Å². The lowest BCUT2D eigenvalue weighted by molar-refractivity contribution is 0.485. The zero-order chi connectivity index (χ0) is 11.7. The van der Waals surface area contributed by atoms with Crippen LogP contribution in [0.5, 0.6) is 0 Å². The second kappa shape index (κ2) is 4.63. The summed E-state index contributed by atoms with van der Waals surface area (Å²) in [5, 5.41) is 4.33. The van der Waals surface area contributed by atoms with Gasteiger partial charge in [0, 0.05) is 6.04 Å². The van der Waals surface area contributed by atoms with Gasteiger partial charge in [0.25, 0.3) is 0 Å². The summed E-state index contributed by atoms with van der Waals surface area (Å²) in [6.45, 7) is 0. The third-order valence-electron chi connectivity index (χ3n) is 3.63. The molecule has 1 aromatic carbocycles. The molecule has 17 heavy (non-hydrogen) atoms. The fourth-order valence-corrected chi connectivity index (χ4v) is 3.41. The Morgan fingerprint density at radius 2 is 2.18 bits per heavy atom. The lowest BCUT2D eigenvalue weighted by Gasteiger charge is -2.32. The first-order valence-corrected chi connectivity index (χ1v) is 7.11. The van der Waals surface area contributed by atoms with Crippen molar-refractivity contribution in [3.05, 3.63) is 57.8 Å². The minimum absolute atomic E-state index is 0.294. The van der Waals surface area contributed by atoms with Gasteiger partial charge in [0.05, 0.1) is 0 Å². The standard InChI is InChI=1S/C15H17NS/c16-14(7-11-5-6-17-10-11)9-13-8-12-3-1-2-4-15(12)13/h1-6,10,13-14H,7-9,16H2. The molecule has 0 aliphatic heterocycles. The van der Waals surface area contributed by atoms with Crippen LogP contribution >= 0.6 is 11.3 Å².